The highest BCUT2D eigenvalue weighted by Crippen LogP contribution is 2.22. The SMILES string of the molecule is COc1ccccc1CN1CCN(C(=O)c2nnn(C3CCNCC3)c2C)CC1.Cl. The first-order chi connectivity index (χ1) is 14.2. The number of halogens is 1. The molecule has 0 atom stereocenters. The van der Waals surface area contributed by atoms with E-state index in [1.807, 2.05) is 34.7 Å². The van der Waals surface area contributed by atoms with Crippen LogP contribution >= 0.6 is 12.4 Å². The third kappa shape index (κ3) is 4.77. The van der Waals surface area contributed by atoms with Crippen LogP contribution in [-0.2, 0) is 6.54 Å². The summed E-state index contributed by atoms with van der Waals surface area (Å²) in [6.45, 7) is 7.85. The lowest BCUT2D eigenvalue weighted by atomic mass is 10.1. The Bertz CT molecular complexity index is 844. The first-order valence-corrected chi connectivity index (χ1v) is 10.4. The lowest BCUT2D eigenvalue weighted by Gasteiger charge is -2.34. The van der Waals surface area contributed by atoms with Crippen LogP contribution in [0.15, 0.2) is 24.3 Å². The topological polar surface area (TPSA) is 75.5 Å². The quantitative estimate of drug-likeness (QED) is 0.774. The summed E-state index contributed by atoms with van der Waals surface area (Å²) in [6, 6.07) is 8.44. The van der Waals surface area contributed by atoms with E-state index in [1.165, 1.54) is 5.56 Å². The number of piperidine rings is 1. The number of nitrogens with one attached hydrogen (secondary N) is 1. The number of hydrogen-bond donors (Lipinski definition) is 1. The van der Waals surface area contributed by atoms with Gasteiger partial charge in [0.25, 0.3) is 5.91 Å². The average molecular weight is 435 g/mol. The van der Waals surface area contributed by atoms with Gasteiger partial charge < -0.3 is 15.0 Å². The van der Waals surface area contributed by atoms with Crippen molar-refractivity contribution in [2.45, 2.75) is 32.4 Å². The van der Waals surface area contributed by atoms with Gasteiger partial charge in [-0.1, -0.05) is 23.4 Å². The van der Waals surface area contributed by atoms with Crippen molar-refractivity contribution in [2.24, 2.45) is 0 Å². The van der Waals surface area contributed by atoms with Crippen LogP contribution in [0.25, 0.3) is 0 Å². The van der Waals surface area contributed by atoms with Crippen molar-refractivity contribution < 1.29 is 9.53 Å². The Labute approximate surface area is 184 Å². The maximum Gasteiger partial charge on any atom is 0.276 e. The lowest BCUT2D eigenvalue weighted by molar-refractivity contribution is 0.0620. The number of rotatable bonds is 5. The van der Waals surface area contributed by atoms with Crippen molar-refractivity contribution in [1.82, 2.24) is 30.1 Å². The highest BCUT2D eigenvalue weighted by atomic mass is 35.5. The predicted octanol–water partition coefficient (Wildman–Crippen LogP) is 1.90. The van der Waals surface area contributed by atoms with Gasteiger partial charge in [0, 0.05) is 38.3 Å². The van der Waals surface area contributed by atoms with E-state index >= 15 is 0 Å². The van der Waals surface area contributed by atoms with E-state index in [1.54, 1.807) is 7.11 Å². The standard InChI is InChI=1S/C21H30N6O2.ClH/c1-16-20(23-24-27(16)18-7-9-22-10-8-18)21(28)26-13-11-25(12-14-26)15-17-5-3-4-6-19(17)29-2;/h3-6,18,22H,7-15H2,1-2H3;1H. The number of ether oxygens (including phenoxy) is 1. The van der Waals surface area contributed by atoms with E-state index in [4.69, 9.17) is 4.74 Å². The zero-order chi connectivity index (χ0) is 20.2. The van der Waals surface area contributed by atoms with Gasteiger partial charge in [-0.3, -0.25) is 9.69 Å². The number of carbonyl (C=O) groups excluding carboxylic acids is 1. The van der Waals surface area contributed by atoms with Crippen molar-refractivity contribution in [2.75, 3.05) is 46.4 Å². The molecule has 8 nitrogen and oxygen atoms in total. The minimum atomic E-state index is -0.000346. The molecule has 0 radical (unpaired) electrons. The van der Waals surface area contributed by atoms with E-state index in [2.05, 4.69) is 26.6 Å². The number of piperazine rings is 1. The van der Waals surface area contributed by atoms with Crippen molar-refractivity contribution >= 4 is 18.3 Å². The third-order valence-corrected chi connectivity index (χ3v) is 6.03. The van der Waals surface area contributed by atoms with Crippen LogP contribution in [0.4, 0.5) is 0 Å². The number of carbonyl (C=O) groups is 1. The van der Waals surface area contributed by atoms with Crippen molar-refractivity contribution in [3.63, 3.8) is 0 Å². The first kappa shape index (κ1) is 22.5. The van der Waals surface area contributed by atoms with E-state index < -0.39 is 0 Å². The Hall–Kier alpha value is -2.16. The number of aromatic nitrogens is 3. The fourth-order valence-corrected chi connectivity index (χ4v) is 4.27. The molecule has 2 aliphatic heterocycles. The summed E-state index contributed by atoms with van der Waals surface area (Å²) >= 11 is 0. The van der Waals surface area contributed by atoms with Gasteiger partial charge in [-0.2, -0.15) is 0 Å². The molecule has 1 aromatic heterocycles. The Morgan fingerprint density at radius 2 is 1.87 bits per heavy atom. The summed E-state index contributed by atoms with van der Waals surface area (Å²) in [5.41, 5.74) is 2.57. The highest BCUT2D eigenvalue weighted by Gasteiger charge is 2.28. The molecule has 1 N–H and O–H groups in total. The number of para-hydroxylation sites is 1. The number of methoxy groups -OCH3 is 1. The summed E-state index contributed by atoms with van der Waals surface area (Å²) in [6.07, 6.45) is 2.05. The number of hydrogen-bond acceptors (Lipinski definition) is 6. The summed E-state index contributed by atoms with van der Waals surface area (Å²) in [5.74, 6) is 0.913. The Morgan fingerprint density at radius 3 is 2.57 bits per heavy atom. The second kappa shape index (κ2) is 10.2. The summed E-state index contributed by atoms with van der Waals surface area (Å²) in [5, 5.41) is 11.9. The van der Waals surface area contributed by atoms with Crippen LogP contribution in [0.3, 0.4) is 0 Å². The molecule has 3 heterocycles. The van der Waals surface area contributed by atoms with Crippen LogP contribution in [0, 0.1) is 6.92 Å². The molecule has 1 amide bonds. The monoisotopic (exact) mass is 434 g/mol. The molecule has 2 fully saturated rings. The van der Waals surface area contributed by atoms with Gasteiger partial charge in [-0.05, 0) is 38.9 Å². The van der Waals surface area contributed by atoms with Crippen LogP contribution in [-0.4, -0.2) is 77.1 Å². The lowest BCUT2D eigenvalue weighted by Crippen LogP contribution is -2.48. The van der Waals surface area contributed by atoms with Crippen molar-refractivity contribution in [3.8, 4) is 5.75 Å². The molecule has 0 spiro atoms. The Balaban J connectivity index is 0.00000256. The molecule has 2 saturated heterocycles. The van der Waals surface area contributed by atoms with Gasteiger partial charge in [-0.15, -0.1) is 17.5 Å². The van der Waals surface area contributed by atoms with Crippen molar-refractivity contribution in [1.29, 1.82) is 0 Å². The van der Waals surface area contributed by atoms with E-state index in [0.29, 0.717) is 24.8 Å². The maximum atomic E-state index is 13.0. The Kier molecular flexibility index (Phi) is 7.69. The van der Waals surface area contributed by atoms with E-state index in [-0.39, 0.29) is 18.3 Å². The number of amides is 1. The van der Waals surface area contributed by atoms with Gasteiger partial charge in [0.15, 0.2) is 5.69 Å². The molecule has 2 aromatic rings. The molecule has 4 rings (SSSR count). The molecule has 30 heavy (non-hydrogen) atoms. The third-order valence-electron chi connectivity index (χ3n) is 6.03. The van der Waals surface area contributed by atoms with Crippen molar-refractivity contribution in [3.05, 3.63) is 41.2 Å². The molecule has 9 heteroatoms. The molecule has 2 aliphatic rings. The smallest absolute Gasteiger partial charge is 0.276 e. The van der Waals surface area contributed by atoms with Gasteiger partial charge >= 0.3 is 0 Å². The molecule has 164 valence electrons. The zero-order valence-corrected chi connectivity index (χ0v) is 18.5. The highest BCUT2D eigenvalue weighted by molar-refractivity contribution is 5.93. The average Bonchev–Trinajstić information content (AvgIpc) is 3.16. The summed E-state index contributed by atoms with van der Waals surface area (Å²) < 4.78 is 7.41. The largest absolute Gasteiger partial charge is 0.496 e. The summed E-state index contributed by atoms with van der Waals surface area (Å²) in [4.78, 5) is 17.3. The van der Waals surface area contributed by atoms with E-state index in [9.17, 15) is 4.79 Å². The zero-order valence-electron chi connectivity index (χ0n) is 17.7. The fourth-order valence-electron chi connectivity index (χ4n) is 4.27. The fraction of sp³-hybridized carbons (Fsp3) is 0.571. The Morgan fingerprint density at radius 1 is 1.17 bits per heavy atom. The van der Waals surface area contributed by atoms with Crippen LogP contribution in [0.1, 0.15) is 40.6 Å². The summed E-state index contributed by atoms with van der Waals surface area (Å²) in [7, 11) is 1.70. The maximum absolute atomic E-state index is 13.0. The van der Waals surface area contributed by atoms with Gasteiger partial charge in [0.1, 0.15) is 5.75 Å². The van der Waals surface area contributed by atoms with Crippen LogP contribution in [0.2, 0.25) is 0 Å². The molecule has 0 unspecified atom stereocenters. The van der Waals surface area contributed by atoms with Gasteiger partial charge in [-0.25, -0.2) is 4.68 Å². The molecular formula is C21H31ClN6O2. The van der Waals surface area contributed by atoms with Crippen LogP contribution in [0.5, 0.6) is 5.75 Å². The molecule has 0 saturated carbocycles. The second-order valence-electron chi connectivity index (χ2n) is 7.83. The molecule has 0 bridgehead atoms. The first-order valence-electron chi connectivity index (χ1n) is 10.4. The second-order valence-corrected chi connectivity index (χ2v) is 7.83. The van der Waals surface area contributed by atoms with Gasteiger partial charge in [0.05, 0.1) is 18.8 Å². The minimum Gasteiger partial charge on any atom is -0.496 e. The molecule has 0 aliphatic carbocycles. The number of nitrogens with zero attached hydrogens (tertiary/aromatic N) is 5. The van der Waals surface area contributed by atoms with Crippen LogP contribution < -0.4 is 10.1 Å². The van der Waals surface area contributed by atoms with E-state index in [0.717, 1.165) is 57.0 Å². The number of benzene rings is 1. The minimum absolute atomic E-state index is 0. The predicted molar refractivity (Wildman–Crippen MR) is 117 cm³/mol. The van der Waals surface area contributed by atoms with Gasteiger partial charge in [0.2, 0.25) is 0 Å². The molecule has 1 aromatic carbocycles. The molecular weight excluding hydrogens is 404 g/mol. The normalized spacial score (nSPS) is 18.1.